The minimum atomic E-state index is -0.376. The van der Waals surface area contributed by atoms with Gasteiger partial charge in [-0.25, -0.2) is 14.8 Å². The SMILES string of the molecule is CCOC(=O)c1ccc(Nc2nc(C)cc(C(=O)NCc3cccnc3)n2)cc1. The van der Waals surface area contributed by atoms with Gasteiger partial charge in [0.1, 0.15) is 5.69 Å². The van der Waals surface area contributed by atoms with Crippen molar-refractivity contribution in [2.45, 2.75) is 20.4 Å². The number of amides is 1. The van der Waals surface area contributed by atoms with Crippen molar-refractivity contribution in [3.63, 3.8) is 0 Å². The second-order valence-corrected chi connectivity index (χ2v) is 6.18. The van der Waals surface area contributed by atoms with Crippen LogP contribution in [0.25, 0.3) is 0 Å². The molecule has 0 aliphatic carbocycles. The zero-order chi connectivity index (χ0) is 20.6. The Morgan fingerprint density at radius 3 is 2.59 bits per heavy atom. The fraction of sp³-hybridized carbons (Fsp3) is 0.190. The minimum Gasteiger partial charge on any atom is -0.462 e. The van der Waals surface area contributed by atoms with Crippen LogP contribution in [-0.2, 0) is 11.3 Å². The minimum absolute atomic E-state index is 0.257. The standard InChI is InChI=1S/C21H21N5O3/c1-3-29-20(28)16-6-8-17(9-7-16)25-21-24-14(2)11-18(26-21)19(27)23-13-15-5-4-10-22-12-15/h4-12H,3,13H2,1-2H3,(H,23,27)(H,24,25,26). The van der Waals surface area contributed by atoms with Crippen LogP contribution >= 0.6 is 0 Å². The molecule has 0 spiro atoms. The number of aryl methyl sites for hydroxylation is 1. The molecule has 0 fully saturated rings. The maximum absolute atomic E-state index is 12.5. The lowest BCUT2D eigenvalue weighted by Crippen LogP contribution is -2.24. The summed E-state index contributed by atoms with van der Waals surface area (Å²) in [7, 11) is 0. The maximum Gasteiger partial charge on any atom is 0.338 e. The molecule has 0 atom stereocenters. The molecular formula is C21H21N5O3. The quantitative estimate of drug-likeness (QED) is 0.596. The Kier molecular flexibility index (Phi) is 6.47. The molecule has 29 heavy (non-hydrogen) atoms. The number of esters is 1. The van der Waals surface area contributed by atoms with Crippen LogP contribution in [0.5, 0.6) is 0 Å². The van der Waals surface area contributed by atoms with Crippen molar-refractivity contribution in [1.29, 1.82) is 0 Å². The monoisotopic (exact) mass is 391 g/mol. The first-order valence-corrected chi connectivity index (χ1v) is 9.12. The first-order valence-electron chi connectivity index (χ1n) is 9.12. The van der Waals surface area contributed by atoms with Crippen molar-refractivity contribution < 1.29 is 14.3 Å². The van der Waals surface area contributed by atoms with Gasteiger partial charge in [-0.05, 0) is 55.8 Å². The summed E-state index contributed by atoms with van der Waals surface area (Å²) in [6.07, 6.45) is 3.37. The number of pyridine rings is 1. The number of nitrogens with zero attached hydrogens (tertiary/aromatic N) is 3. The van der Waals surface area contributed by atoms with E-state index in [4.69, 9.17) is 4.74 Å². The third kappa shape index (κ3) is 5.58. The summed E-state index contributed by atoms with van der Waals surface area (Å²) in [6, 6.07) is 12.1. The first-order chi connectivity index (χ1) is 14.0. The molecular weight excluding hydrogens is 370 g/mol. The number of benzene rings is 1. The van der Waals surface area contributed by atoms with Gasteiger partial charge in [0, 0.05) is 30.3 Å². The summed E-state index contributed by atoms with van der Waals surface area (Å²) >= 11 is 0. The Labute approximate surface area is 168 Å². The van der Waals surface area contributed by atoms with Gasteiger partial charge in [0.15, 0.2) is 0 Å². The molecule has 0 radical (unpaired) electrons. The summed E-state index contributed by atoms with van der Waals surface area (Å²) in [5, 5.41) is 5.86. The number of hydrogen-bond donors (Lipinski definition) is 2. The van der Waals surface area contributed by atoms with Crippen molar-refractivity contribution in [1.82, 2.24) is 20.3 Å². The van der Waals surface area contributed by atoms with Crippen molar-refractivity contribution >= 4 is 23.5 Å². The number of ether oxygens (including phenoxy) is 1. The lowest BCUT2D eigenvalue weighted by Gasteiger charge is -2.09. The Morgan fingerprint density at radius 1 is 1.10 bits per heavy atom. The van der Waals surface area contributed by atoms with Gasteiger partial charge in [-0.1, -0.05) is 6.07 Å². The van der Waals surface area contributed by atoms with Crippen LogP contribution in [0.2, 0.25) is 0 Å². The van der Waals surface area contributed by atoms with Crippen molar-refractivity contribution in [2.75, 3.05) is 11.9 Å². The zero-order valence-corrected chi connectivity index (χ0v) is 16.2. The summed E-state index contributed by atoms with van der Waals surface area (Å²) in [4.78, 5) is 36.8. The van der Waals surface area contributed by atoms with E-state index in [2.05, 4.69) is 25.6 Å². The van der Waals surface area contributed by atoms with Gasteiger partial charge in [0.2, 0.25) is 5.95 Å². The zero-order valence-electron chi connectivity index (χ0n) is 16.2. The van der Waals surface area contributed by atoms with E-state index < -0.39 is 0 Å². The molecule has 3 aromatic rings. The fourth-order valence-electron chi connectivity index (χ4n) is 2.55. The second-order valence-electron chi connectivity index (χ2n) is 6.18. The number of hydrogen-bond acceptors (Lipinski definition) is 7. The molecule has 2 heterocycles. The summed E-state index contributed by atoms with van der Waals surface area (Å²) in [6.45, 7) is 4.22. The van der Waals surface area contributed by atoms with Crippen LogP contribution in [0.15, 0.2) is 54.9 Å². The maximum atomic E-state index is 12.5. The molecule has 2 N–H and O–H groups in total. The van der Waals surface area contributed by atoms with Crippen LogP contribution in [0.3, 0.4) is 0 Å². The topological polar surface area (TPSA) is 106 Å². The average Bonchev–Trinajstić information content (AvgIpc) is 2.73. The molecule has 148 valence electrons. The van der Waals surface area contributed by atoms with E-state index in [9.17, 15) is 9.59 Å². The van der Waals surface area contributed by atoms with Crippen molar-refractivity contribution in [3.8, 4) is 0 Å². The van der Waals surface area contributed by atoms with E-state index in [1.54, 1.807) is 56.6 Å². The van der Waals surface area contributed by atoms with Gasteiger partial charge in [0.05, 0.1) is 12.2 Å². The molecule has 0 aliphatic heterocycles. The van der Waals surface area contributed by atoms with E-state index in [-0.39, 0.29) is 17.6 Å². The third-order valence-electron chi connectivity index (χ3n) is 3.91. The van der Waals surface area contributed by atoms with Gasteiger partial charge < -0.3 is 15.4 Å². The van der Waals surface area contributed by atoms with Gasteiger partial charge in [-0.2, -0.15) is 0 Å². The number of carbonyl (C=O) groups excluding carboxylic acids is 2. The van der Waals surface area contributed by atoms with E-state index in [0.717, 1.165) is 5.56 Å². The highest BCUT2D eigenvalue weighted by atomic mass is 16.5. The Hall–Kier alpha value is -3.81. The number of anilines is 2. The lowest BCUT2D eigenvalue weighted by molar-refractivity contribution is 0.0526. The van der Waals surface area contributed by atoms with E-state index in [1.165, 1.54) is 0 Å². The Bertz CT molecular complexity index is 991. The molecule has 0 bridgehead atoms. The predicted octanol–water partition coefficient (Wildman–Crippen LogP) is 3.03. The van der Waals surface area contributed by atoms with E-state index in [0.29, 0.717) is 36.0 Å². The molecule has 1 aromatic carbocycles. The van der Waals surface area contributed by atoms with Gasteiger partial charge in [-0.15, -0.1) is 0 Å². The summed E-state index contributed by atoms with van der Waals surface area (Å²) in [5.74, 6) is -0.390. The number of aromatic nitrogens is 3. The van der Waals surface area contributed by atoms with Crippen molar-refractivity contribution in [3.05, 3.63) is 77.4 Å². The first kappa shape index (κ1) is 19.9. The fourth-order valence-corrected chi connectivity index (χ4v) is 2.55. The Morgan fingerprint density at radius 2 is 1.90 bits per heavy atom. The second kappa shape index (κ2) is 9.41. The molecule has 8 nitrogen and oxygen atoms in total. The highest BCUT2D eigenvalue weighted by Crippen LogP contribution is 2.16. The van der Waals surface area contributed by atoms with E-state index in [1.807, 2.05) is 12.1 Å². The average molecular weight is 391 g/mol. The van der Waals surface area contributed by atoms with Crippen LogP contribution in [-0.4, -0.2) is 33.4 Å². The highest BCUT2D eigenvalue weighted by Gasteiger charge is 2.11. The summed E-state index contributed by atoms with van der Waals surface area (Å²) < 4.78 is 4.97. The molecule has 1 amide bonds. The Balaban J connectivity index is 1.68. The lowest BCUT2D eigenvalue weighted by atomic mass is 10.2. The van der Waals surface area contributed by atoms with Crippen LogP contribution in [0, 0.1) is 6.92 Å². The molecule has 3 rings (SSSR count). The largest absolute Gasteiger partial charge is 0.462 e. The molecule has 0 saturated heterocycles. The smallest absolute Gasteiger partial charge is 0.338 e. The molecule has 0 aliphatic rings. The third-order valence-corrected chi connectivity index (χ3v) is 3.91. The predicted molar refractivity (Wildman–Crippen MR) is 108 cm³/mol. The van der Waals surface area contributed by atoms with Crippen LogP contribution in [0.1, 0.15) is 39.0 Å². The van der Waals surface area contributed by atoms with Gasteiger partial charge in [-0.3, -0.25) is 9.78 Å². The van der Waals surface area contributed by atoms with Crippen LogP contribution in [0.4, 0.5) is 11.6 Å². The number of nitrogens with one attached hydrogen (secondary N) is 2. The van der Waals surface area contributed by atoms with Crippen molar-refractivity contribution in [2.24, 2.45) is 0 Å². The highest BCUT2D eigenvalue weighted by molar-refractivity contribution is 5.92. The van der Waals surface area contributed by atoms with Gasteiger partial charge >= 0.3 is 5.97 Å². The number of rotatable bonds is 7. The van der Waals surface area contributed by atoms with E-state index >= 15 is 0 Å². The normalized spacial score (nSPS) is 10.3. The number of carbonyl (C=O) groups is 2. The molecule has 8 heteroatoms. The van der Waals surface area contributed by atoms with Gasteiger partial charge in [0.25, 0.3) is 5.91 Å². The molecule has 2 aromatic heterocycles. The molecule has 0 unspecified atom stereocenters. The molecule has 0 saturated carbocycles. The summed E-state index contributed by atoms with van der Waals surface area (Å²) in [5.41, 5.74) is 2.94. The van der Waals surface area contributed by atoms with Crippen LogP contribution < -0.4 is 10.6 Å².